The van der Waals surface area contributed by atoms with Crippen molar-refractivity contribution in [3.8, 4) is 0 Å². The maximum atomic E-state index is 12.5. The van der Waals surface area contributed by atoms with Crippen molar-refractivity contribution < 1.29 is 18.0 Å². The van der Waals surface area contributed by atoms with Crippen LogP contribution in [0.3, 0.4) is 0 Å². The molecule has 0 aromatic heterocycles. The lowest BCUT2D eigenvalue weighted by atomic mass is 10.2. The minimum absolute atomic E-state index is 0.00652. The molecule has 1 amide bonds. The van der Waals surface area contributed by atoms with Crippen LogP contribution in [-0.2, 0) is 11.0 Å². The number of hydrogen-bond acceptors (Lipinski definition) is 2. The summed E-state index contributed by atoms with van der Waals surface area (Å²) >= 11 is 5.71. The van der Waals surface area contributed by atoms with Crippen molar-refractivity contribution in [3.63, 3.8) is 0 Å². The van der Waals surface area contributed by atoms with E-state index in [-0.39, 0.29) is 23.2 Å². The monoisotopic (exact) mass is 280 g/mol. The summed E-state index contributed by atoms with van der Waals surface area (Å²) in [5.74, 6) is -0.480. The lowest BCUT2D eigenvalue weighted by Crippen LogP contribution is -2.24. The first kappa shape index (κ1) is 14.8. The van der Waals surface area contributed by atoms with Gasteiger partial charge in [-0.2, -0.15) is 13.2 Å². The number of amides is 1. The molecule has 0 aliphatic heterocycles. The van der Waals surface area contributed by atoms with Crippen molar-refractivity contribution in [2.45, 2.75) is 25.6 Å². The van der Waals surface area contributed by atoms with E-state index in [0.717, 1.165) is 18.2 Å². The van der Waals surface area contributed by atoms with Crippen molar-refractivity contribution >= 4 is 23.2 Å². The molecule has 0 radical (unpaired) electrons. The molecule has 0 saturated heterocycles. The summed E-state index contributed by atoms with van der Waals surface area (Å²) in [6.07, 6.45) is -4.47. The van der Waals surface area contributed by atoms with E-state index in [1.165, 1.54) is 0 Å². The molecule has 1 atom stereocenters. The first-order valence-electron chi connectivity index (χ1n) is 5.12. The average molecular weight is 281 g/mol. The highest BCUT2D eigenvalue weighted by Gasteiger charge is 2.31. The maximum absolute atomic E-state index is 12.5. The van der Waals surface area contributed by atoms with Gasteiger partial charge in [0.25, 0.3) is 0 Å². The van der Waals surface area contributed by atoms with Crippen molar-refractivity contribution in [1.29, 1.82) is 0 Å². The van der Waals surface area contributed by atoms with Crippen molar-refractivity contribution in [2.24, 2.45) is 5.73 Å². The molecule has 1 aromatic rings. The maximum Gasteiger partial charge on any atom is 0.416 e. The van der Waals surface area contributed by atoms with E-state index < -0.39 is 17.6 Å². The lowest BCUT2D eigenvalue weighted by Gasteiger charge is -2.12. The van der Waals surface area contributed by atoms with Crippen LogP contribution in [0.15, 0.2) is 18.2 Å². The number of halogens is 4. The second kappa shape index (κ2) is 5.58. The molecule has 1 rings (SSSR count). The van der Waals surface area contributed by atoms with E-state index in [1.54, 1.807) is 6.92 Å². The Morgan fingerprint density at radius 3 is 2.61 bits per heavy atom. The van der Waals surface area contributed by atoms with Crippen molar-refractivity contribution in [3.05, 3.63) is 28.8 Å². The third kappa shape index (κ3) is 4.19. The Hall–Kier alpha value is -1.27. The lowest BCUT2D eigenvalue weighted by molar-refractivity contribution is -0.137. The smallest absolute Gasteiger partial charge is 0.327 e. The summed E-state index contributed by atoms with van der Waals surface area (Å²) in [6, 6.07) is 2.35. The number of rotatable bonds is 3. The van der Waals surface area contributed by atoms with Crippen LogP contribution in [-0.4, -0.2) is 11.9 Å². The molecule has 1 unspecified atom stereocenters. The predicted octanol–water partition coefficient (Wildman–Crippen LogP) is 3.03. The van der Waals surface area contributed by atoms with Crippen LogP contribution >= 0.6 is 11.6 Å². The van der Waals surface area contributed by atoms with Gasteiger partial charge in [-0.1, -0.05) is 11.6 Å². The van der Waals surface area contributed by atoms with Crippen LogP contribution in [0.25, 0.3) is 0 Å². The summed E-state index contributed by atoms with van der Waals surface area (Å²) in [5, 5.41) is 2.35. The van der Waals surface area contributed by atoms with Crippen LogP contribution in [0.5, 0.6) is 0 Å². The number of carbonyl (C=O) groups is 1. The van der Waals surface area contributed by atoms with E-state index in [0.29, 0.717) is 0 Å². The fourth-order valence-electron chi connectivity index (χ4n) is 1.29. The molecule has 0 fully saturated rings. The quantitative estimate of drug-likeness (QED) is 0.894. The first-order valence-corrected chi connectivity index (χ1v) is 5.50. The standard InChI is InChI=1S/C11H12ClF3N2O/c1-6(16)4-10(18)17-9-5-7(11(13,14)15)2-3-8(9)12/h2-3,5-6H,4,16H2,1H3,(H,17,18). The average Bonchev–Trinajstić information content (AvgIpc) is 2.18. The summed E-state index contributed by atoms with van der Waals surface area (Å²) in [5.41, 5.74) is 4.47. The normalized spacial score (nSPS) is 13.2. The Labute approximate surface area is 107 Å². The van der Waals surface area contributed by atoms with Crippen LogP contribution in [0.1, 0.15) is 18.9 Å². The highest BCUT2D eigenvalue weighted by atomic mass is 35.5. The van der Waals surface area contributed by atoms with Gasteiger partial charge in [0.05, 0.1) is 16.3 Å². The molecule has 3 N–H and O–H groups in total. The second-order valence-electron chi connectivity index (χ2n) is 3.92. The molecule has 0 aliphatic carbocycles. The zero-order chi connectivity index (χ0) is 13.9. The molecule has 100 valence electrons. The third-order valence-corrected chi connectivity index (χ3v) is 2.40. The summed E-state index contributed by atoms with van der Waals surface area (Å²) in [6.45, 7) is 1.62. The highest BCUT2D eigenvalue weighted by Crippen LogP contribution is 2.33. The largest absolute Gasteiger partial charge is 0.416 e. The Morgan fingerprint density at radius 1 is 1.50 bits per heavy atom. The zero-order valence-corrected chi connectivity index (χ0v) is 10.3. The SMILES string of the molecule is CC(N)CC(=O)Nc1cc(C(F)(F)F)ccc1Cl. The number of anilines is 1. The van der Waals surface area contributed by atoms with Gasteiger partial charge >= 0.3 is 6.18 Å². The van der Waals surface area contributed by atoms with Gasteiger partial charge in [0.2, 0.25) is 5.91 Å². The number of nitrogens with one attached hydrogen (secondary N) is 1. The number of benzene rings is 1. The van der Waals surface area contributed by atoms with Gasteiger partial charge in [-0.3, -0.25) is 4.79 Å². The first-order chi connectivity index (χ1) is 8.20. The molecule has 3 nitrogen and oxygen atoms in total. The molecular weight excluding hydrogens is 269 g/mol. The fraction of sp³-hybridized carbons (Fsp3) is 0.364. The summed E-state index contributed by atoms with van der Waals surface area (Å²) in [4.78, 5) is 11.4. The van der Waals surface area contributed by atoms with Crippen LogP contribution in [0, 0.1) is 0 Å². The molecule has 0 bridgehead atoms. The van der Waals surface area contributed by atoms with E-state index in [1.807, 2.05) is 0 Å². The Bertz CT molecular complexity index is 446. The van der Waals surface area contributed by atoms with Gasteiger partial charge in [0.15, 0.2) is 0 Å². The highest BCUT2D eigenvalue weighted by molar-refractivity contribution is 6.33. The van der Waals surface area contributed by atoms with E-state index in [4.69, 9.17) is 17.3 Å². The minimum Gasteiger partial charge on any atom is -0.327 e. The molecule has 7 heteroatoms. The zero-order valence-electron chi connectivity index (χ0n) is 9.51. The molecule has 0 heterocycles. The Morgan fingerprint density at radius 2 is 2.11 bits per heavy atom. The molecule has 18 heavy (non-hydrogen) atoms. The number of carbonyl (C=O) groups excluding carboxylic acids is 1. The number of nitrogens with two attached hydrogens (primary N) is 1. The molecular formula is C11H12ClF3N2O. The van der Waals surface area contributed by atoms with Crippen LogP contribution < -0.4 is 11.1 Å². The molecule has 0 aliphatic rings. The minimum atomic E-state index is -4.48. The summed E-state index contributed by atoms with van der Waals surface area (Å²) < 4.78 is 37.4. The Kier molecular flexibility index (Phi) is 4.59. The van der Waals surface area contributed by atoms with Gasteiger partial charge in [-0.25, -0.2) is 0 Å². The molecule has 0 spiro atoms. The molecule has 0 saturated carbocycles. The van der Waals surface area contributed by atoms with Gasteiger partial charge in [-0.15, -0.1) is 0 Å². The van der Waals surface area contributed by atoms with E-state index in [2.05, 4.69) is 5.32 Å². The number of alkyl halides is 3. The van der Waals surface area contributed by atoms with Crippen molar-refractivity contribution in [1.82, 2.24) is 0 Å². The third-order valence-electron chi connectivity index (χ3n) is 2.08. The summed E-state index contributed by atoms with van der Waals surface area (Å²) in [7, 11) is 0. The van der Waals surface area contributed by atoms with Gasteiger partial charge < -0.3 is 11.1 Å². The van der Waals surface area contributed by atoms with E-state index in [9.17, 15) is 18.0 Å². The fourth-order valence-corrected chi connectivity index (χ4v) is 1.46. The van der Waals surface area contributed by atoms with E-state index >= 15 is 0 Å². The van der Waals surface area contributed by atoms with Gasteiger partial charge in [0.1, 0.15) is 0 Å². The topological polar surface area (TPSA) is 55.1 Å². The van der Waals surface area contributed by atoms with Gasteiger partial charge in [0, 0.05) is 12.5 Å². The Balaban J connectivity index is 2.92. The second-order valence-corrected chi connectivity index (χ2v) is 4.33. The molecule has 1 aromatic carbocycles. The van der Waals surface area contributed by atoms with Gasteiger partial charge in [-0.05, 0) is 25.1 Å². The number of hydrogen-bond donors (Lipinski definition) is 2. The van der Waals surface area contributed by atoms with Crippen LogP contribution in [0.2, 0.25) is 5.02 Å². The predicted molar refractivity (Wildman–Crippen MR) is 63.4 cm³/mol. The van der Waals surface area contributed by atoms with Crippen LogP contribution in [0.4, 0.5) is 18.9 Å². The van der Waals surface area contributed by atoms with Crippen molar-refractivity contribution in [2.75, 3.05) is 5.32 Å².